The number of phenolic OH excluding ortho intramolecular Hbond substituents is 1. The molecular weight excluding hydrogens is 593 g/mol. The Morgan fingerprint density at radius 1 is 1.18 bits per heavy atom. The lowest BCUT2D eigenvalue weighted by atomic mass is 9.94. The van der Waals surface area contributed by atoms with Gasteiger partial charge in [0.05, 0.1) is 10.9 Å². The molecule has 3 aliphatic rings. The van der Waals surface area contributed by atoms with Crippen molar-refractivity contribution in [2.75, 3.05) is 49.2 Å². The molecule has 0 spiro atoms. The van der Waals surface area contributed by atoms with E-state index >= 15 is 4.39 Å². The number of nitrogens with one attached hydrogen (secondary N) is 1. The van der Waals surface area contributed by atoms with Gasteiger partial charge in [0, 0.05) is 59.1 Å². The third-order valence-electron chi connectivity index (χ3n) is 9.32. The minimum Gasteiger partial charge on any atom is -0.508 e. The first-order valence-corrected chi connectivity index (χ1v) is 16.8. The molecule has 0 radical (unpaired) electrons. The average molecular weight is 627 g/mol. The summed E-state index contributed by atoms with van der Waals surface area (Å²) < 4.78 is 72.5. The molecule has 2 aromatic heterocycles. The van der Waals surface area contributed by atoms with Crippen molar-refractivity contribution in [3.63, 3.8) is 0 Å². The van der Waals surface area contributed by atoms with Crippen LogP contribution in [0.3, 0.4) is 0 Å². The summed E-state index contributed by atoms with van der Waals surface area (Å²) in [5.41, 5.74) is -0.0530. The fourth-order valence-electron chi connectivity index (χ4n) is 7.14. The van der Waals surface area contributed by atoms with E-state index in [0.29, 0.717) is 46.9 Å². The zero-order valence-corrected chi connectivity index (χ0v) is 25.1. The van der Waals surface area contributed by atoms with Gasteiger partial charge in [-0.2, -0.15) is 9.97 Å². The van der Waals surface area contributed by atoms with Crippen LogP contribution in [-0.4, -0.2) is 85.2 Å². The standard InChI is InChI=1S/C31H33F3N6O3S/c1-2-21-24(33)5-4-18-12-20(41)13-22(25(18)21)27-26(34)28-23(15-36-27)29(39-8-10-44(35,42)11-9-39)38-30(37-28)43-17-31-6-3-7-40(31)16-19(32)14-31/h4-5,12-13,15,19,35,41H,2-3,6-11,14,16-17H2,1H3/t19-,31+/m1/s1. The van der Waals surface area contributed by atoms with Crippen LogP contribution in [-0.2, 0) is 16.1 Å². The monoisotopic (exact) mass is 626 g/mol. The molecule has 3 fully saturated rings. The largest absolute Gasteiger partial charge is 0.508 e. The molecular formula is C31H33F3N6O3S. The zero-order chi connectivity index (χ0) is 30.8. The van der Waals surface area contributed by atoms with E-state index in [1.54, 1.807) is 6.92 Å². The maximum absolute atomic E-state index is 16.7. The molecule has 9 nitrogen and oxygen atoms in total. The van der Waals surface area contributed by atoms with Crippen LogP contribution in [0.2, 0.25) is 0 Å². The fraction of sp³-hybridized carbons (Fsp3) is 0.452. The summed E-state index contributed by atoms with van der Waals surface area (Å²) in [6.07, 6.45) is 2.90. The third-order valence-corrected chi connectivity index (χ3v) is 11.0. The summed E-state index contributed by atoms with van der Waals surface area (Å²) in [6.45, 7) is 3.64. The van der Waals surface area contributed by atoms with E-state index in [1.807, 2.05) is 4.90 Å². The van der Waals surface area contributed by atoms with Gasteiger partial charge >= 0.3 is 6.01 Å². The lowest BCUT2D eigenvalue weighted by Gasteiger charge is -2.32. The van der Waals surface area contributed by atoms with Crippen LogP contribution in [0.4, 0.5) is 19.0 Å². The highest BCUT2D eigenvalue weighted by Crippen LogP contribution is 2.42. The highest BCUT2D eigenvalue weighted by Gasteiger charge is 2.49. The lowest BCUT2D eigenvalue weighted by Crippen LogP contribution is -2.43. The Balaban J connectivity index is 1.37. The smallest absolute Gasteiger partial charge is 0.319 e. The van der Waals surface area contributed by atoms with Gasteiger partial charge in [0.1, 0.15) is 41.4 Å². The minimum absolute atomic E-state index is 0.0753. The quantitative estimate of drug-likeness (QED) is 0.300. The second kappa shape index (κ2) is 10.7. The highest BCUT2D eigenvalue weighted by molar-refractivity contribution is 7.92. The maximum atomic E-state index is 16.7. The second-order valence-electron chi connectivity index (χ2n) is 12.1. The number of rotatable bonds is 6. The highest BCUT2D eigenvalue weighted by atomic mass is 32.2. The van der Waals surface area contributed by atoms with Crippen LogP contribution in [0, 0.1) is 16.4 Å². The summed E-state index contributed by atoms with van der Waals surface area (Å²) >= 11 is 0. The summed E-state index contributed by atoms with van der Waals surface area (Å²) in [5.74, 6) is -0.730. The van der Waals surface area contributed by atoms with Crippen LogP contribution in [0.25, 0.3) is 32.9 Å². The van der Waals surface area contributed by atoms with Crippen molar-refractivity contribution in [2.24, 2.45) is 0 Å². The lowest BCUT2D eigenvalue weighted by molar-refractivity contribution is 0.107. The third kappa shape index (κ3) is 4.90. The summed E-state index contributed by atoms with van der Waals surface area (Å²) in [7, 11) is -2.71. The van der Waals surface area contributed by atoms with E-state index < -0.39 is 33.1 Å². The number of aromatic nitrogens is 3. The first-order chi connectivity index (χ1) is 21.1. The second-order valence-corrected chi connectivity index (χ2v) is 14.5. The number of halogens is 3. The topological polar surface area (TPSA) is 116 Å². The van der Waals surface area contributed by atoms with Crippen LogP contribution >= 0.6 is 0 Å². The first kappa shape index (κ1) is 29.0. The maximum Gasteiger partial charge on any atom is 0.319 e. The molecule has 4 aromatic rings. The summed E-state index contributed by atoms with van der Waals surface area (Å²) in [5, 5.41) is 11.8. The van der Waals surface area contributed by atoms with E-state index in [0.717, 1.165) is 19.4 Å². The van der Waals surface area contributed by atoms with Gasteiger partial charge in [0.2, 0.25) is 0 Å². The van der Waals surface area contributed by atoms with Crippen LogP contribution in [0.5, 0.6) is 11.8 Å². The Morgan fingerprint density at radius 3 is 2.75 bits per heavy atom. The molecule has 2 N–H and O–H groups in total. The van der Waals surface area contributed by atoms with Crippen molar-refractivity contribution < 1.29 is 27.2 Å². The zero-order valence-electron chi connectivity index (χ0n) is 24.3. The number of benzene rings is 2. The van der Waals surface area contributed by atoms with E-state index in [-0.39, 0.29) is 59.7 Å². The minimum atomic E-state index is -2.71. The predicted octanol–water partition coefficient (Wildman–Crippen LogP) is 5.21. The van der Waals surface area contributed by atoms with Gasteiger partial charge < -0.3 is 14.7 Å². The SMILES string of the molecule is CCc1c(F)ccc2cc(O)cc(-c3ncc4c(N5CCS(=N)(=O)CC5)nc(OC[C@@]56CCCN5C[C@H](F)C6)nc4c3F)c12. The van der Waals surface area contributed by atoms with Gasteiger partial charge in [-0.1, -0.05) is 13.0 Å². The molecule has 0 aliphatic carbocycles. The predicted molar refractivity (Wildman–Crippen MR) is 163 cm³/mol. The van der Waals surface area contributed by atoms with E-state index in [2.05, 4.69) is 19.9 Å². The first-order valence-electron chi connectivity index (χ1n) is 14.9. The molecule has 0 unspecified atom stereocenters. The number of hydrogen-bond donors (Lipinski definition) is 2. The summed E-state index contributed by atoms with van der Waals surface area (Å²) in [6, 6.07) is 5.65. The van der Waals surface area contributed by atoms with Gasteiger partial charge in [-0.25, -0.2) is 17.4 Å². The van der Waals surface area contributed by atoms with Gasteiger partial charge in [0.25, 0.3) is 0 Å². The molecule has 0 amide bonds. The Labute approximate surface area is 253 Å². The van der Waals surface area contributed by atoms with Gasteiger partial charge in [-0.15, -0.1) is 0 Å². The van der Waals surface area contributed by atoms with Gasteiger partial charge in [-0.3, -0.25) is 14.7 Å². The molecule has 2 atom stereocenters. The molecule has 0 saturated carbocycles. The van der Waals surface area contributed by atoms with Crippen molar-refractivity contribution in [3.8, 4) is 23.0 Å². The van der Waals surface area contributed by atoms with Crippen molar-refractivity contribution >= 4 is 37.2 Å². The molecule has 7 rings (SSSR count). The number of phenols is 1. The van der Waals surface area contributed by atoms with E-state index in [9.17, 15) is 18.1 Å². The Bertz CT molecular complexity index is 1890. The number of fused-ring (bicyclic) bond motifs is 3. The Hall–Kier alpha value is -3.71. The van der Waals surface area contributed by atoms with Crippen LogP contribution in [0.1, 0.15) is 31.7 Å². The summed E-state index contributed by atoms with van der Waals surface area (Å²) in [4.78, 5) is 17.5. The van der Waals surface area contributed by atoms with Crippen molar-refractivity contribution in [3.05, 3.63) is 47.7 Å². The average Bonchev–Trinajstić information content (AvgIpc) is 3.51. The number of alkyl halides is 1. The van der Waals surface area contributed by atoms with Crippen molar-refractivity contribution in [1.29, 1.82) is 4.78 Å². The number of anilines is 1. The number of pyridine rings is 1. The molecule has 0 bridgehead atoms. The van der Waals surface area contributed by atoms with Crippen LogP contribution < -0.4 is 9.64 Å². The van der Waals surface area contributed by atoms with Crippen molar-refractivity contribution in [1.82, 2.24) is 19.9 Å². The molecule has 13 heteroatoms. The number of nitrogens with zero attached hydrogens (tertiary/aromatic N) is 5. The molecule has 3 aliphatic heterocycles. The molecule has 3 saturated heterocycles. The Kier molecular flexibility index (Phi) is 7.07. The molecule has 2 aromatic carbocycles. The van der Waals surface area contributed by atoms with E-state index in [1.165, 1.54) is 30.5 Å². The van der Waals surface area contributed by atoms with Gasteiger partial charge in [0.15, 0.2) is 5.82 Å². The Morgan fingerprint density at radius 2 is 1.98 bits per heavy atom. The fourth-order valence-corrected chi connectivity index (χ4v) is 8.37. The van der Waals surface area contributed by atoms with Crippen LogP contribution in [0.15, 0.2) is 30.5 Å². The van der Waals surface area contributed by atoms with Crippen molar-refractivity contribution in [2.45, 2.75) is 44.3 Å². The number of aryl methyl sites for hydroxylation is 1. The number of ether oxygens (including phenoxy) is 1. The molecule has 44 heavy (non-hydrogen) atoms. The van der Waals surface area contributed by atoms with E-state index in [4.69, 9.17) is 9.52 Å². The normalized spacial score (nSPS) is 23.5. The number of aromatic hydroxyl groups is 1. The van der Waals surface area contributed by atoms with Gasteiger partial charge in [-0.05, 0) is 60.3 Å². The molecule has 5 heterocycles. The molecule has 232 valence electrons. The number of hydrogen-bond acceptors (Lipinski definition) is 9.